The molecule has 2 aromatic heterocycles. The van der Waals surface area contributed by atoms with Crippen molar-refractivity contribution in [3.63, 3.8) is 0 Å². The molecule has 1 unspecified atom stereocenters. The Morgan fingerprint density at radius 2 is 1.95 bits per heavy atom. The molecule has 0 saturated carbocycles. The van der Waals surface area contributed by atoms with E-state index in [1.807, 2.05) is 37.6 Å². The van der Waals surface area contributed by atoms with Gasteiger partial charge in [0.25, 0.3) is 0 Å². The monoisotopic (exact) mass is 586 g/mol. The zero-order chi connectivity index (χ0) is 30.6. The van der Waals surface area contributed by atoms with Crippen LogP contribution in [0.4, 0.5) is 0 Å². The maximum Gasteiger partial charge on any atom is 0.249 e. The number of ether oxygens (including phenoxy) is 2. The van der Waals surface area contributed by atoms with E-state index in [0.29, 0.717) is 43.0 Å². The number of rotatable bonds is 12. The highest BCUT2D eigenvalue weighted by molar-refractivity contribution is 5.87. The summed E-state index contributed by atoms with van der Waals surface area (Å²) in [5.41, 5.74) is 9.16. The Hall–Kier alpha value is -3.79. The standard InChI is InChI=1S/C34H43N5O4/c1-5-6-10-28-20-26-9-7-8-11-29(26)33(37-28)43-19-17-39(3,4)34(16-18-42-30(31(34)40)32(35)41)21-24-12-14-25(15-13-24)27-22-36-38(2)23-27/h7-9,11-15,20,22-23,30-31,40H,5-6,10,16-19,21H2,1-4H3,(H-,35,41)/p+1/t30?,31-,34+/m0/s1. The molecule has 1 aliphatic heterocycles. The highest BCUT2D eigenvalue weighted by Crippen LogP contribution is 2.38. The minimum atomic E-state index is -1.09. The number of aliphatic hydroxyl groups is 1. The van der Waals surface area contributed by atoms with E-state index in [0.717, 1.165) is 52.4 Å². The average Bonchev–Trinajstić information content (AvgIpc) is 3.43. The molecule has 0 aliphatic carbocycles. The van der Waals surface area contributed by atoms with Gasteiger partial charge in [0.1, 0.15) is 24.8 Å². The summed E-state index contributed by atoms with van der Waals surface area (Å²) in [4.78, 5) is 17.2. The Bertz CT molecular complexity index is 1550. The van der Waals surface area contributed by atoms with E-state index in [1.165, 1.54) is 0 Å². The number of nitrogens with two attached hydrogens (primary N) is 1. The Morgan fingerprint density at radius 1 is 1.19 bits per heavy atom. The molecule has 2 aromatic carbocycles. The minimum absolute atomic E-state index is 0.326. The third kappa shape index (κ3) is 6.44. The summed E-state index contributed by atoms with van der Waals surface area (Å²) in [6.07, 6.45) is 5.82. The van der Waals surface area contributed by atoms with Crippen molar-refractivity contribution in [3.8, 4) is 17.0 Å². The van der Waals surface area contributed by atoms with E-state index in [4.69, 9.17) is 20.2 Å². The van der Waals surface area contributed by atoms with E-state index in [2.05, 4.69) is 62.5 Å². The van der Waals surface area contributed by atoms with Crippen molar-refractivity contribution in [1.82, 2.24) is 14.8 Å². The van der Waals surface area contributed by atoms with Gasteiger partial charge in [0.2, 0.25) is 11.8 Å². The number of aliphatic hydroxyl groups excluding tert-OH is 1. The van der Waals surface area contributed by atoms with E-state index >= 15 is 0 Å². The van der Waals surface area contributed by atoms with Gasteiger partial charge in [0, 0.05) is 42.7 Å². The number of amides is 1. The quantitative estimate of drug-likeness (QED) is 0.242. The Balaban J connectivity index is 1.40. The van der Waals surface area contributed by atoms with Crippen LogP contribution in [0.25, 0.3) is 21.9 Å². The molecule has 5 rings (SSSR count). The lowest BCUT2D eigenvalue weighted by Gasteiger charge is -2.54. The van der Waals surface area contributed by atoms with Crippen molar-refractivity contribution in [2.75, 3.05) is 33.9 Å². The lowest BCUT2D eigenvalue weighted by molar-refractivity contribution is -0.948. The van der Waals surface area contributed by atoms with Gasteiger partial charge in [-0.3, -0.25) is 9.48 Å². The predicted molar refractivity (Wildman–Crippen MR) is 167 cm³/mol. The van der Waals surface area contributed by atoms with E-state index in [1.54, 1.807) is 4.68 Å². The molecule has 9 nitrogen and oxygen atoms in total. The fourth-order valence-electron chi connectivity index (χ4n) is 6.34. The first-order valence-corrected chi connectivity index (χ1v) is 15.1. The number of likely N-dealkylation sites (N-methyl/N-ethyl adjacent to an activating group) is 1. The van der Waals surface area contributed by atoms with Gasteiger partial charge >= 0.3 is 0 Å². The van der Waals surface area contributed by atoms with Gasteiger partial charge < -0.3 is 24.8 Å². The lowest BCUT2D eigenvalue weighted by Crippen LogP contribution is -2.73. The number of quaternary nitrogens is 1. The van der Waals surface area contributed by atoms with E-state index in [9.17, 15) is 9.90 Å². The minimum Gasteiger partial charge on any atom is -0.471 e. The van der Waals surface area contributed by atoms with Gasteiger partial charge in [-0.25, -0.2) is 4.98 Å². The zero-order valence-electron chi connectivity index (χ0n) is 25.7. The SMILES string of the molecule is CCCCc1cc2ccccc2c(OCC[N+](C)(C)[C@@]2(Cc3ccc(-c4cnn(C)c4)cc3)CCOC(C(N)=O)[C@@H]2O)n1. The maximum atomic E-state index is 12.4. The number of carbonyl (C=O) groups is 1. The number of pyridine rings is 1. The maximum absolute atomic E-state index is 12.4. The molecule has 9 heteroatoms. The molecular formula is C34H44N5O4+. The number of hydrogen-bond acceptors (Lipinski definition) is 6. The van der Waals surface area contributed by atoms with Crippen LogP contribution in [0, 0.1) is 0 Å². The number of unbranched alkanes of at least 4 members (excludes halogenated alkanes) is 1. The molecule has 228 valence electrons. The molecule has 3 N–H and O–H groups in total. The number of aryl methyl sites for hydroxylation is 2. The Labute approximate surface area is 253 Å². The molecule has 0 spiro atoms. The second-order valence-electron chi connectivity index (χ2n) is 12.3. The van der Waals surface area contributed by atoms with Crippen molar-refractivity contribution in [2.45, 2.75) is 56.8 Å². The number of primary amides is 1. The van der Waals surface area contributed by atoms with Crippen LogP contribution >= 0.6 is 0 Å². The second kappa shape index (κ2) is 12.8. The Morgan fingerprint density at radius 3 is 2.65 bits per heavy atom. The lowest BCUT2D eigenvalue weighted by atomic mass is 9.75. The molecule has 1 saturated heterocycles. The highest BCUT2D eigenvalue weighted by Gasteiger charge is 2.57. The van der Waals surface area contributed by atoms with Crippen LogP contribution < -0.4 is 10.5 Å². The molecule has 43 heavy (non-hydrogen) atoms. The predicted octanol–water partition coefficient (Wildman–Crippen LogP) is 4.05. The summed E-state index contributed by atoms with van der Waals surface area (Å²) in [7, 11) is 6.07. The summed E-state index contributed by atoms with van der Waals surface area (Å²) in [6.45, 7) is 3.47. The highest BCUT2D eigenvalue weighted by atomic mass is 16.5. The number of benzene rings is 2. The number of fused-ring (bicyclic) bond motifs is 1. The molecule has 1 amide bonds. The summed E-state index contributed by atoms with van der Waals surface area (Å²) in [6, 6.07) is 18.6. The first-order valence-electron chi connectivity index (χ1n) is 15.1. The second-order valence-corrected chi connectivity index (χ2v) is 12.3. The fraction of sp³-hybridized carbons (Fsp3) is 0.441. The van der Waals surface area contributed by atoms with Crippen LogP contribution in [-0.4, -0.2) is 81.9 Å². The molecule has 1 aliphatic rings. The van der Waals surface area contributed by atoms with E-state index in [-0.39, 0.29) is 0 Å². The van der Waals surface area contributed by atoms with Crippen molar-refractivity contribution in [3.05, 3.63) is 78.2 Å². The third-order valence-electron chi connectivity index (χ3n) is 9.09. The van der Waals surface area contributed by atoms with Gasteiger partial charge in [-0.2, -0.15) is 5.10 Å². The molecule has 0 bridgehead atoms. The number of hydrogen-bond donors (Lipinski definition) is 2. The van der Waals surface area contributed by atoms with E-state index < -0.39 is 23.7 Å². The van der Waals surface area contributed by atoms with Gasteiger partial charge in [-0.1, -0.05) is 55.8 Å². The number of aromatic nitrogens is 3. The van der Waals surface area contributed by atoms with Crippen LogP contribution in [0.1, 0.15) is 37.4 Å². The van der Waals surface area contributed by atoms with Gasteiger partial charge in [0.15, 0.2) is 6.10 Å². The molecule has 4 aromatic rings. The smallest absolute Gasteiger partial charge is 0.249 e. The van der Waals surface area contributed by atoms with Crippen molar-refractivity contribution < 1.29 is 23.9 Å². The first-order chi connectivity index (χ1) is 20.6. The van der Waals surface area contributed by atoms with Crippen molar-refractivity contribution in [2.24, 2.45) is 12.8 Å². The van der Waals surface area contributed by atoms with Crippen molar-refractivity contribution in [1.29, 1.82) is 0 Å². The van der Waals surface area contributed by atoms with Crippen LogP contribution in [0.2, 0.25) is 0 Å². The normalized spacial score (nSPS) is 20.8. The molecule has 0 radical (unpaired) electrons. The number of nitrogens with zero attached hydrogens (tertiary/aromatic N) is 4. The molecular weight excluding hydrogens is 542 g/mol. The largest absolute Gasteiger partial charge is 0.471 e. The first kappa shape index (κ1) is 30.7. The zero-order valence-corrected chi connectivity index (χ0v) is 25.7. The summed E-state index contributed by atoms with van der Waals surface area (Å²) >= 11 is 0. The molecule has 1 fully saturated rings. The summed E-state index contributed by atoms with van der Waals surface area (Å²) < 4.78 is 14.3. The third-order valence-corrected chi connectivity index (χ3v) is 9.09. The molecule has 3 heterocycles. The van der Waals surface area contributed by atoms with Crippen LogP contribution in [0.5, 0.6) is 5.88 Å². The molecule has 3 atom stereocenters. The number of carbonyl (C=O) groups excluding carboxylic acids is 1. The van der Waals surface area contributed by atoms with Crippen LogP contribution in [0.3, 0.4) is 0 Å². The van der Waals surface area contributed by atoms with Gasteiger partial charge in [-0.05, 0) is 41.5 Å². The van der Waals surface area contributed by atoms with Gasteiger partial charge in [0.05, 0.1) is 26.9 Å². The fourth-order valence-corrected chi connectivity index (χ4v) is 6.34. The van der Waals surface area contributed by atoms with Crippen LogP contribution in [-0.2, 0) is 29.4 Å². The average molecular weight is 587 g/mol. The van der Waals surface area contributed by atoms with Gasteiger partial charge in [-0.15, -0.1) is 0 Å². The summed E-state index contributed by atoms with van der Waals surface area (Å²) in [5, 5.41) is 18.1. The summed E-state index contributed by atoms with van der Waals surface area (Å²) in [5.74, 6) is -0.0221. The van der Waals surface area contributed by atoms with Crippen LogP contribution in [0.15, 0.2) is 67.0 Å². The Kier molecular flexibility index (Phi) is 9.15. The van der Waals surface area contributed by atoms with Crippen molar-refractivity contribution >= 4 is 16.7 Å². The topological polar surface area (TPSA) is 112 Å².